The molecule has 0 saturated carbocycles. The van der Waals surface area contributed by atoms with E-state index in [2.05, 4.69) is 4.90 Å². The summed E-state index contributed by atoms with van der Waals surface area (Å²) in [6.45, 7) is 3.39. The summed E-state index contributed by atoms with van der Waals surface area (Å²) in [6, 6.07) is 3.54. The number of nitrogens with two attached hydrogens (primary N) is 1. The quantitative estimate of drug-likeness (QED) is 0.684. The smallest absolute Gasteiger partial charge is 0.288 e. The first-order valence-electron chi connectivity index (χ1n) is 6.46. The molecule has 104 valence electrons. The van der Waals surface area contributed by atoms with Crippen molar-refractivity contribution in [2.45, 2.75) is 32.2 Å². The summed E-state index contributed by atoms with van der Waals surface area (Å²) in [5.74, 6) is 0. The van der Waals surface area contributed by atoms with E-state index in [0.29, 0.717) is 12.6 Å². The molecule has 1 aliphatic heterocycles. The zero-order valence-electron chi connectivity index (χ0n) is 10.9. The van der Waals surface area contributed by atoms with E-state index in [4.69, 9.17) is 17.3 Å². The van der Waals surface area contributed by atoms with Gasteiger partial charge in [-0.25, -0.2) is 0 Å². The highest BCUT2D eigenvalue weighted by molar-refractivity contribution is 6.33. The summed E-state index contributed by atoms with van der Waals surface area (Å²) in [6.07, 6.45) is 3.35. The van der Waals surface area contributed by atoms with Gasteiger partial charge in [-0.05, 0) is 37.8 Å². The first-order chi connectivity index (χ1) is 9.04. The van der Waals surface area contributed by atoms with Crippen LogP contribution in [0.25, 0.3) is 0 Å². The summed E-state index contributed by atoms with van der Waals surface area (Å²) in [5, 5.41) is 11.1. The third-order valence-electron chi connectivity index (χ3n) is 3.67. The predicted octanol–water partition coefficient (Wildman–Crippen LogP) is 2.87. The molecule has 6 heteroatoms. The zero-order chi connectivity index (χ0) is 14.0. The third-order valence-corrected chi connectivity index (χ3v) is 3.97. The lowest BCUT2D eigenvalue weighted by Gasteiger charge is -2.37. The van der Waals surface area contributed by atoms with Crippen LogP contribution in [-0.4, -0.2) is 24.1 Å². The van der Waals surface area contributed by atoms with Crippen LogP contribution in [0.5, 0.6) is 0 Å². The van der Waals surface area contributed by atoms with Crippen molar-refractivity contribution < 1.29 is 4.92 Å². The molecule has 1 unspecified atom stereocenters. The van der Waals surface area contributed by atoms with Crippen LogP contribution in [-0.2, 0) is 0 Å². The van der Waals surface area contributed by atoms with Gasteiger partial charge in [0.15, 0.2) is 0 Å². The molecule has 0 aliphatic carbocycles. The molecule has 0 spiro atoms. The van der Waals surface area contributed by atoms with Crippen LogP contribution < -0.4 is 10.6 Å². The Morgan fingerprint density at radius 3 is 2.89 bits per heavy atom. The molecule has 1 saturated heterocycles. The fourth-order valence-electron chi connectivity index (χ4n) is 2.67. The lowest BCUT2D eigenvalue weighted by Crippen LogP contribution is -2.44. The number of hydrogen-bond acceptors (Lipinski definition) is 4. The zero-order valence-corrected chi connectivity index (χ0v) is 11.7. The van der Waals surface area contributed by atoms with Gasteiger partial charge in [0, 0.05) is 30.9 Å². The number of nitrogens with zero attached hydrogens (tertiary/aromatic N) is 2. The van der Waals surface area contributed by atoms with Crippen molar-refractivity contribution in [3.05, 3.63) is 32.8 Å². The maximum Gasteiger partial charge on any atom is 0.288 e. The van der Waals surface area contributed by atoms with Gasteiger partial charge in [-0.3, -0.25) is 10.1 Å². The highest BCUT2D eigenvalue weighted by Gasteiger charge is 2.25. The molecule has 1 aliphatic rings. The first-order valence-corrected chi connectivity index (χ1v) is 6.83. The Bertz CT molecular complexity index is 493. The maximum absolute atomic E-state index is 10.9. The van der Waals surface area contributed by atoms with Crippen LogP contribution in [0.3, 0.4) is 0 Å². The number of benzene rings is 1. The van der Waals surface area contributed by atoms with Crippen LogP contribution in [0.15, 0.2) is 12.1 Å². The van der Waals surface area contributed by atoms with E-state index in [9.17, 15) is 10.1 Å². The fourth-order valence-corrected chi connectivity index (χ4v) is 2.89. The van der Waals surface area contributed by atoms with Gasteiger partial charge in [-0.1, -0.05) is 11.6 Å². The molecule has 0 amide bonds. The predicted molar refractivity (Wildman–Crippen MR) is 76.9 cm³/mol. The molecule has 19 heavy (non-hydrogen) atoms. The van der Waals surface area contributed by atoms with Crippen LogP contribution in [0, 0.1) is 17.0 Å². The molecule has 1 heterocycles. The highest BCUT2D eigenvalue weighted by Crippen LogP contribution is 2.35. The lowest BCUT2D eigenvalue weighted by molar-refractivity contribution is -0.384. The number of halogens is 1. The average Bonchev–Trinajstić information content (AvgIpc) is 2.40. The second-order valence-electron chi connectivity index (χ2n) is 4.93. The highest BCUT2D eigenvalue weighted by atomic mass is 35.5. The Morgan fingerprint density at radius 1 is 1.53 bits per heavy atom. The SMILES string of the molecule is Cc1cc([N+](=O)[O-])c(Cl)cc1N1CCCCC1CN. The largest absolute Gasteiger partial charge is 0.367 e. The second-order valence-corrected chi connectivity index (χ2v) is 5.33. The van der Waals surface area contributed by atoms with Crippen LogP contribution in [0.1, 0.15) is 24.8 Å². The van der Waals surface area contributed by atoms with Gasteiger partial charge < -0.3 is 10.6 Å². The number of aryl methyl sites for hydroxylation is 1. The van der Waals surface area contributed by atoms with Crippen LogP contribution in [0.2, 0.25) is 5.02 Å². The van der Waals surface area contributed by atoms with Crippen molar-refractivity contribution in [3.8, 4) is 0 Å². The molecule has 2 N–H and O–H groups in total. The van der Waals surface area contributed by atoms with Gasteiger partial charge in [0.25, 0.3) is 5.69 Å². The Hall–Kier alpha value is -1.33. The average molecular weight is 284 g/mol. The van der Waals surface area contributed by atoms with Crippen molar-refractivity contribution in [2.24, 2.45) is 5.73 Å². The number of nitro benzene ring substituents is 1. The first kappa shape index (κ1) is 14.1. The number of piperidine rings is 1. The molecule has 5 nitrogen and oxygen atoms in total. The fraction of sp³-hybridized carbons (Fsp3) is 0.538. The van der Waals surface area contributed by atoms with E-state index in [1.54, 1.807) is 12.1 Å². The van der Waals surface area contributed by atoms with Gasteiger partial charge in [0.05, 0.1) is 4.92 Å². The van der Waals surface area contributed by atoms with Gasteiger partial charge in [0.1, 0.15) is 5.02 Å². The molecule has 1 aromatic rings. The van der Waals surface area contributed by atoms with Crippen molar-refractivity contribution in [1.82, 2.24) is 0 Å². The molecule has 0 aromatic heterocycles. The van der Waals surface area contributed by atoms with Gasteiger partial charge in [-0.15, -0.1) is 0 Å². The molecular weight excluding hydrogens is 266 g/mol. The number of nitro groups is 1. The van der Waals surface area contributed by atoms with Crippen molar-refractivity contribution >= 4 is 23.0 Å². The summed E-state index contributed by atoms with van der Waals surface area (Å²) in [7, 11) is 0. The van der Waals surface area contributed by atoms with Gasteiger partial charge in [0.2, 0.25) is 0 Å². The molecule has 1 fully saturated rings. The van der Waals surface area contributed by atoms with Gasteiger partial charge in [-0.2, -0.15) is 0 Å². The second kappa shape index (κ2) is 5.75. The Labute approximate surface area is 117 Å². The molecular formula is C13H18ClN3O2. The minimum Gasteiger partial charge on any atom is -0.367 e. The minimum absolute atomic E-state index is 0.0378. The monoisotopic (exact) mass is 283 g/mol. The summed E-state index contributed by atoms with van der Waals surface area (Å²) in [4.78, 5) is 12.7. The molecule has 2 rings (SSSR count). The molecule has 0 radical (unpaired) electrons. The Morgan fingerprint density at radius 2 is 2.26 bits per heavy atom. The van der Waals surface area contributed by atoms with E-state index in [0.717, 1.165) is 30.6 Å². The molecule has 0 bridgehead atoms. The van der Waals surface area contributed by atoms with Crippen molar-refractivity contribution in [1.29, 1.82) is 0 Å². The van der Waals surface area contributed by atoms with E-state index < -0.39 is 4.92 Å². The number of rotatable bonds is 3. The maximum atomic E-state index is 10.9. The Kier molecular flexibility index (Phi) is 4.27. The Balaban J connectivity index is 2.39. The van der Waals surface area contributed by atoms with E-state index in [1.807, 2.05) is 6.92 Å². The summed E-state index contributed by atoms with van der Waals surface area (Å²) >= 11 is 6.01. The summed E-state index contributed by atoms with van der Waals surface area (Å²) < 4.78 is 0. The number of hydrogen-bond donors (Lipinski definition) is 1. The van der Waals surface area contributed by atoms with Crippen molar-refractivity contribution in [2.75, 3.05) is 18.0 Å². The van der Waals surface area contributed by atoms with E-state index in [-0.39, 0.29) is 10.7 Å². The van der Waals surface area contributed by atoms with Crippen LogP contribution >= 0.6 is 11.6 Å². The number of anilines is 1. The normalized spacial score (nSPS) is 19.5. The van der Waals surface area contributed by atoms with Gasteiger partial charge >= 0.3 is 0 Å². The molecule has 1 aromatic carbocycles. The molecule has 1 atom stereocenters. The lowest BCUT2D eigenvalue weighted by atomic mass is 10.00. The summed E-state index contributed by atoms with van der Waals surface area (Å²) in [5.41, 5.74) is 7.61. The topological polar surface area (TPSA) is 72.4 Å². The third kappa shape index (κ3) is 2.82. The van der Waals surface area contributed by atoms with Crippen LogP contribution in [0.4, 0.5) is 11.4 Å². The van der Waals surface area contributed by atoms with Crippen molar-refractivity contribution in [3.63, 3.8) is 0 Å². The minimum atomic E-state index is -0.449. The van der Waals surface area contributed by atoms with E-state index >= 15 is 0 Å². The van der Waals surface area contributed by atoms with E-state index in [1.165, 1.54) is 6.42 Å². The standard InChI is InChI=1S/C13H18ClN3O2/c1-9-6-13(17(18)19)11(14)7-12(9)16-5-3-2-4-10(16)8-15/h6-7,10H,2-5,8,15H2,1H3.